The fourth-order valence-corrected chi connectivity index (χ4v) is 2.88. The quantitative estimate of drug-likeness (QED) is 0.428. The minimum Gasteiger partial charge on any atom is -1.00 e. The van der Waals surface area contributed by atoms with Crippen LogP contribution in [0.15, 0.2) is 0 Å². The van der Waals surface area contributed by atoms with Crippen LogP contribution < -0.4 is 34.0 Å². The normalized spacial score (nSPS) is 19.6. The van der Waals surface area contributed by atoms with Crippen LogP contribution >= 0.6 is 0 Å². The van der Waals surface area contributed by atoms with Gasteiger partial charge >= 0.3 is 0 Å². The molecule has 0 bridgehead atoms. The molecule has 1 fully saturated rings. The first kappa shape index (κ1) is 22.2. The molecular weight excluding hydrogens is 368 g/mol. The summed E-state index contributed by atoms with van der Waals surface area (Å²) in [7, 11) is 4.90. The van der Waals surface area contributed by atoms with E-state index in [2.05, 4.69) is 27.9 Å². The van der Waals surface area contributed by atoms with Gasteiger partial charge in [0.15, 0.2) is 0 Å². The van der Waals surface area contributed by atoms with Crippen LogP contribution in [0.25, 0.3) is 0 Å². The van der Waals surface area contributed by atoms with Crippen LogP contribution in [0.1, 0.15) is 46.0 Å². The molecule has 1 aliphatic heterocycles. The molecule has 2 nitrogen and oxygen atoms in total. The second-order valence-corrected chi connectivity index (χ2v) is 6.53. The molecule has 0 aromatic heterocycles. The molecule has 0 spiro atoms. The first-order valence-corrected chi connectivity index (χ1v) is 7.71. The lowest BCUT2D eigenvalue weighted by Gasteiger charge is -2.40. The summed E-state index contributed by atoms with van der Waals surface area (Å²) < 4.78 is 2.57. The lowest BCUT2D eigenvalue weighted by molar-refractivity contribution is -0.962. The van der Waals surface area contributed by atoms with Gasteiger partial charge in [0.2, 0.25) is 0 Å². The van der Waals surface area contributed by atoms with Gasteiger partial charge in [0.1, 0.15) is 13.1 Å². The minimum absolute atomic E-state index is 0. The molecule has 1 heterocycles. The van der Waals surface area contributed by atoms with E-state index in [1.165, 1.54) is 80.3 Å². The van der Waals surface area contributed by atoms with Gasteiger partial charge in [-0.25, -0.2) is 0 Å². The standard InChI is InChI=1S/C15H34N2.2BrH/c1-5-16(3,6-2)14-15-17(4)12-10-8-7-9-11-13-17;;/h5-15H2,1-4H3;2*1H/q+2;;/p-2. The average molecular weight is 402 g/mol. The highest BCUT2D eigenvalue weighted by Gasteiger charge is 2.27. The van der Waals surface area contributed by atoms with Crippen LogP contribution in [-0.2, 0) is 0 Å². The Balaban J connectivity index is 0. The summed E-state index contributed by atoms with van der Waals surface area (Å²) in [5.74, 6) is 0. The maximum absolute atomic E-state index is 2.49. The molecular formula is C15H34Br2N2. The zero-order valence-electron chi connectivity index (χ0n) is 13.4. The maximum Gasteiger partial charge on any atom is 0.128 e. The number of nitrogens with zero attached hydrogens (tertiary/aromatic N) is 2. The van der Waals surface area contributed by atoms with E-state index >= 15 is 0 Å². The van der Waals surface area contributed by atoms with Crippen LogP contribution in [0, 0.1) is 0 Å². The van der Waals surface area contributed by atoms with Crippen molar-refractivity contribution in [3.63, 3.8) is 0 Å². The number of quaternary nitrogens is 2. The van der Waals surface area contributed by atoms with Crippen molar-refractivity contribution in [3.05, 3.63) is 0 Å². The summed E-state index contributed by atoms with van der Waals surface area (Å²) in [6, 6.07) is 0. The molecule has 0 saturated carbocycles. The van der Waals surface area contributed by atoms with Gasteiger partial charge in [0.25, 0.3) is 0 Å². The van der Waals surface area contributed by atoms with E-state index in [9.17, 15) is 0 Å². The minimum atomic E-state index is 0. The number of rotatable bonds is 5. The van der Waals surface area contributed by atoms with Crippen LogP contribution in [0.2, 0.25) is 0 Å². The van der Waals surface area contributed by atoms with Crippen molar-refractivity contribution in [2.45, 2.75) is 46.0 Å². The molecule has 0 unspecified atom stereocenters. The van der Waals surface area contributed by atoms with Crippen molar-refractivity contribution in [2.75, 3.05) is 53.4 Å². The van der Waals surface area contributed by atoms with Crippen molar-refractivity contribution < 1.29 is 42.9 Å². The second kappa shape index (κ2) is 10.6. The van der Waals surface area contributed by atoms with Crippen LogP contribution in [0.3, 0.4) is 0 Å². The Labute approximate surface area is 142 Å². The molecule has 0 amide bonds. The second-order valence-electron chi connectivity index (χ2n) is 6.53. The highest BCUT2D eigenvalue weighted by Crippen LogP contribution is 2.16. The molecule has 19 heavy (non-hydrogen) atoms. The molecule has 4 heteroatoms. The van der Waals surface area contributed by atoms with E-state index in [0.717, 1.165) is 0 Å². The third-order valence-corrected chi connectivity index (χ3v) is 5.10. The zero-order valence-corrected chi connectivity index (χ0v) is 16.6. The lowest BCUT2D eigenvalue weighted by atomic mass is 10.1. The van der Waals surface area contributed by atoms with Crippen molar-refractivity contribution in [3.8, 4) is 0 Å². The van der Waals surface area contributed by atoms with Gasteiger partial charge in [-0.3, -0.25) is 0 Å². The van der Waals surface area contributed by atoms with Crippen molar-refractivity contribution in [1.29, 1.82) is 0 Å². The first-order chi connectivity index (χ1) is 8.04. The van der Waals surface area contributed by atoms with E-state index in [4.69, 9.17) is 0 Å². The van der Waals surface area contributed by atoms with Gasteiger partial charge < -0.3 is 42.9 Å². The number of likely N-dealkylation sites (tertiary alicyclic amines) is 1. The molecule has 118 valence electrons. The third-order valence-electron chi connectivity index (χ3n) is 5.10. The Morgan fingerprint density at radius 1 is 0.842 bits per heavy atom. The van der Waals surface area contributed by atoms with Crippen molar-refractivity contribution in [2.24, 2.45) is 0 Å². The molecule has 0 atom stereocenters. The summed E-state index contributed by atoms with van der Waals surface area (Å²) in [6.45, 7) is 12.8. The van der Waals surface area contributed by atoms with Crippen molar-refractivity contribution in [1.82, 2.24) is 0 Å². The summed E-state index contributed by atoms with van der Waals surface area (Å²) >= 11 is 0. The van der Waals surface area contributed by atoms with Gasteiger partial charge in [0, 0.05) is 0 Å². The van der Waals surface area contributed by atoms with Gasteiger partial charge in [-0.15, -0.1) is 0 Å². The fraction of sp³-hybridized carbons (Fsp3) is 1.00. The lowest BCUT2D eigenvalue weighted by Crippen LogP contribution is -3.00. The van der Waals surface area contributed by atoms with E-state index in [1.54, 1.807) is 0 Å². The Morgan fingerprint density at radius 3 is 1.68 bits per heavy atom. The Hall–Kier alpha value is 0.880. The van der Waals surface area contributed by atoms with Crippen LogP contribution in [0.4, 0.5) is 0 Å². The monoisotopic (exact) mass is 400 g/mol. The maximum atomic E-state index is 2.49. The largest absolute Gasteiger partial charge is 1.00 e. The van der Waals surface area contributed by atoms with Gasteiger partial charge in [-0.1, -0.05) is 6.42 Å². The molecule has 0 aliphatic carbocycles. The Morgan fingerprint density at radius 2 is 1.26 bits per heavy atom. The summed E-state index contributed by atoms with van der Waals surface area (Å²) in [5.41, 5.74) is 0. The van der Waals surface area contributed by atoms with E-state index in [-0.39, 0.29) is 34.0 Å². The number of likely N-dealkylation sites (N-methyl/N-ethyl adjacent to an activating group) is 2. The molecule has 1 saturated heterocycles. The van der Waals surface area contributed by atoms with E-state index in [1.807, 2.05) is 0 Å². The van der Waals surface area contributed by atoms with E-state index < -0.39 is 0 Å². The summed E-state index contributed by atoms with van der Waals surface area (Å²) in [6.07, 6.45) is 7.28. The third kappa shape index (κ3) is 8.03. The van der Waals surface area contributed by atoms with Crippen LogP contribution in [-0.4, -0.2) is 62.3 Å². The first-order valence-electron chi connectivity index (χ1n) is 7.71. The fourth-order valence-electron chi connectivity index (χ4n) is 2.88. The van der Waals surface area contributed by atoms with Gasteiger partial charge in [0.05, 0.1) is 40.3 Å². The molecule has 0 aromatic rings. The number of hydrogen-bond donors (Lipinski definition) is 0. The molecule has 0 aromatic carbocycles. The molecule has 0 N–H and O–H groups in total. The molecule has 1 aliphatic rings. The Bertz CT molecular complexity index is 210. The predicted molar refractivity (Wildman–Crippen MR) is 76.0 cm³/mol. The highest BCUT2D eigenvalue weighted by molar-refractivity contribution is 4.52. The zero-order chi connectivity index (χ0) is 12.8. The van der Waals surface area contributed by atoms with Crippen molar-refractivity contribution >= 4 is 0 Å². The average Bonchev–Trinajstić information content (AvgIpc) is 2.32. The molecule has 0 radical (unpaired) electrons. The molecule has 1 rings (SSSR count). The van der Waals surface area contributed by atoms with Crippen LogP contribution in [0.5, 0.6) is 0 Å². The Kier molecular flexibility index (Phi) is 12.3. The predicted octanol–water partition coefficient (Wildman–Crippen LogP) is -3.11. The highest BCUT2D eigenvalue weighted by atomic mass is 79.9. The number of hydrogen-bond acceptors (Lipinski definition) is 0. The summed E-state index contributed by atoms with van der Waals surface area (Å²) in [4.78, 5) is 0. The van der Waals surface area contributed by atoms with E-state index in [0.29, 0.717) is 0 Å². The SMILES string of the molecule is CC[N+](C)(CC)CC[N+]1(C)CCCCCCC1.[Br-].[Br-]. The number of halogens is 2. The van der Waals surface area contributed by atoms with Gasteiger partial charge in [-0.05, 0) is 39.5 Å². The van der Waals surface area contributed by atoms with Gasteiger partial charge in [-0.2, -0.15) is 0 Å². The smallest absolute Gasteiger partial charge is 0.128 e. The summed E-state index contributed by atoms with van der Waals surface area (Å²) in [5, 5.41) is 0. The topological polar surface area (TPSA) is 0 Å².